The van der Waals surface area contributed by atoms with Crippen molar-refractivity contribution in [3.05, 3.63) is 23.1 Å². The van der Waals surface area contributed by atoms with Crippen LogP contribution in [0.1, 0.15) is 46.5 Å². The normalized spacial score (nSPS) is 18.4. The van der Waals surface area contributed by atoms with Crippen molar-refractivity contribution in [2.45, 2.75) is 46.5 Å². The summed E-state index contributed by atoms with van der Waals surface area (Å²) in [5.41, 5.74) is 2.28. The number of amides is 1. The van der Waals surface area contributed by atoms with E-state index in [0.29, 0.717) is 5.92 Å². The molecule has 0 aromatic heterocycles. The molecule has 2 rings (SSSR count). The van der Waals surface area contributed by atoms with Gasteiger partial charge < -0.3 is 15.4 Å². The predicted molar refractivity (Wildman–Crippen MR) is 82.1 cm³/mol. The average Bonchev–Trinajstić information content (AvgIpc) is 2.42. The summed E-state index contributed by atoms with van der Waals surface area (Å²) in [4.78, 5) is 10.6. The number of rotatable bonds is 7. The minimum Gasteiger partial charge on any atom is -0.498 e. The van der Waals surface area contributed by atoms with Crippen LogP contribution in [0.25, 0.3) is 0 Å². The Bertz CT molecular complexity index is 357. The molecule has 0 unspecified atom stereocenters. The predicted octanol–water partition coefficient (Wildman–Crippen LogP) is 2.73. The fourth-order valence-electron chi connectivity index (χ4n) is 2.30. The second-order valence-electron chi connectivity index (χ2n) is 4.96. The van der Waals surface area contributed by atoms with E-state index in [4.69, 9.17) is 4.74 Å². The van der Waals surface area contributed by atoms with Gasteiger partial charge in [-0.1, -0.05) is 27.2 Å². The molecule has 0 radical (unpaired) electrons. The van der Waals surface area contributed by atoms with Gasteiger partial charge in [-0.05, 0) is 24.5 Å². The van der Waals surface area contributed by atoms with Gasteiger partial charge in [0, 0.05) is 31.1 Å². The Morgan fingerprint density at radius 1 is 1.40 bits per heavy atom. The lowest BCUT2D eigenvalue weighted by molar-refractivity contribution is -0.109. The van der Waals surface area contributed by atoms with Gasteiger partial charge in [0.1, 0.15) is 0 Å². The van der Waals surface area contributed by atoms with Crippen LogP contribution < -0.4 is 10.6 Å². The molecule has 1 aliphatic heterocycles. The van der Waals surface area contributed by atoms with Crippen LogP contribution in [-0.4, -0.2) is 26.1 Å². The van der Waals surface area contributed by atoms with Crippen LogP contribution in [0.3, 0.4) is 0 Å². The van der Waals surface area contributed by atoms with E-state index < -0.39 is 0 Å². The SMILES string of the molecule is CC.CCCC1=C(NC=O)CCC(OCC2CNC2)=C1. The van der Waals surface area contributed by atoms with Crippen molar-refractivity contribution < 1.29 is 9.53 Å². The molecule has 1 amide bonds. The van der Waals surface area contributed by atoms with E-state index >= 15 is 0 Å². The summed E-state index contributed by atoms with van der Waals surface area (Å²) >= 11 is 0. The van der Waals surface area contributed by atoms with E-state index in [9.17, 15) is 4.79 Å². The molecule has 0 bridgehead atoms. The number of ether oxygens (including phenoxy) is 1. The minimum atomic E-state index is 0.666. The van der Waals surface area contributed by atoms with Crippen molar-refractivity contribution in [1.29, 1.82) is 0 Å². The maximum absolute atomic E-state index is 10.6. The van der Waals surface area contributed by atoms with E-state index in [2.05, 4.69) is 23.6 Å². The van der Waals surface area contributed by atoms with Crippen molar-refractivity contribution >= 4 is 6.41 Å². The minimum absolute atomic E-state index is 0.666. The van der Waals surface area contributed by atoms with Crippen LogP contribution in [0.15, 0.2) is 23.1 Å². The topological polar surface area (TPSA) is 50.4 Å². The van der Waals surface area contributed by atoms with Crippen molar-refractivity contribution in [2.75, 3.05) is 19.7 Å². The molecule has 0 atom stereocenters. The lowest BCUT2D eigenvalue weighted by Gasteiger charge is -2.28. The third-order valence-electron chi connectivity index (χ3n) is 3.47. The van der Waals surface area contributed by atoms with Gasteiger partial charge in [-0.2, -0.15) is 0 Å². The highest BCUT2D eigenvalue weighted by molar-refractivity contribution is 5.52. The molecule has 20 heavy (non-hydrogen) atoms. The van der Waals surface area contributed by atoms with E-state index in [1.165, 1.54) is 5.57 Å². The third kappa shape index (κ3) is 5.00. The smallest absolute Gasteiger partial charge is 0.211 e. The molecule has 0 aromatic carbocycles. The third-order valence-corrected chi connectivity index (χ3v) is 3.47. The van der Waals surface area contributed by atoms with E-state index in [-0.39, 0.29) is 0 Å². The van der Waals surface area contributed by atoms with Crippen molar-refractivity contribution in [3.8, 4) is 0 Å². The van der Waals surface area contributed by atoms with Gasteiger partial charge in [-0.15, -0.1) is 0 Å². The molecule has 0 saturated carbocycles. The molecule has 1 heterocycles. The fourth-order valence-corrected chi connectivity index (χ4v) is 2.30. The Kier molecular flexibility index (Phi) is 8.04. The lowest BCUT2D eigenvalue weighted by Crippen LogP contribution is -2.44. The van der Waals surface area contributed by atoms with Crippen molar-refractivity contribution in [3.63, 3.8) is 0 Å². The maximum atomic E-state index is 10.6. The molecule has 1 saturated heterocycles. The second-order valence-corrected chi connectivity index (χ2v) is 4.96. The zero-order valence-corrected chi connectivity index (χ0v) is 13.0. The summed E-state index contributed by atoms with van der Waals surface area (Å²) < 4.78 is 5.86. The monoisotopic (exact) mass is 280 g/mol. The zero-order chi connectivity index (χ0) is 14.8. The van der Waals surface area contributed by atoms with E-state index in [0.717, 1.165) is 63.2 Å². The summed E-state index contributed by atoms with van der Waals surface area (Å²) in [6, 6.07) is 0. The molecule has 2 N–H and O–H groups in total. The first-order chi connectivity index (χ1) is 9.83. The fraction of sp³-hybridized carbons (Fsp3) is 0.688. The molecule has 4 heteroatoms. The van der Waals surface area contributed by atoms with Crippen LogP contribution in [0.4, 0.5) is 0 Å². The number of hydrogen-bond donors (Lipinski definition) is 2. The highest BCUT2D eigenvalue weighted by atomic mass is 16.5. The maximum Gasteiger partial charge on any atom is 0.211 e. The van der Waals surface area contributed by atoms with Gasteiger partial charge in [-0.3, -0.25) is 4.79 Å². The van der Waals surface area contributed by atoms with Gasteiger partial charge in [-0.25, -0.2) is 0 Å². The summed E-state index contributed by atoms with van der Waals surface area (Å²) in [5, 5.41) is 6.06. The molecule has 0 aromatic rings. The molecule has 1 aliphatic carbocycles. The first-order valence-electron chi connectivity index (χ1n) is 7.79. The molecular formula is C16H28N2O2. The van der Waals surface area contributed by atoms with Crippen molar-refractivity contribution in [1.82, 2.24) is 10.6 Å². The Labute approximate surface area is 122 Å². The molecular weight excluding hydrogens is 252 g/mol. The van der Waals surface area contributed by atoms with E-state index in [1.54, 1.807) is 0 Å². The van der Waals surface area contributed by atoms with Gasteiger partial charge in [0.2, 0.25) is 6.41 Å². The van der Waals surface area contributed by atoms with Crippen LogP contribution >= 0.6 is 0 Å². The number of hydrogen-bond acceptors (Lipinski definition) is 3. The summed E-state index contributed by atoms with van der Waals surface area (Å²) in [7, 11) is 0. The quantitative estimate of drug-likeness (QED) is 0.705. The number of allylic oxidation sites excluding steroid dienone is 4. The van der Waals surface area contributed by atoms with Crippen LogP contribution in [-0.2, 0) is 9.53 Å². The number of carbonyl (C=O) groups excluding carboxylic acids is 1. The molecule has 1 fully saturated rings. The average molecular weight is 280 g/mol. The highest BCUT2D eigenvalue weighted by Gasteiger charge is 2.19. The number of nitrogens with one attached hydrogen (secondary N) is 2. The van der Waals surface area contributed by atoms with E-state index in [1.807, 2.05) is 13.8 Å². The lowest BCUT2D eigenvalue weighted by atomic mass is 9.98. The zero-order valence-electron chi connectivity index (χ0n) is 13.0. The second kappa shape index (κ2) is 9.59. The Morgan fingerprint density at radius 2 is 2.15 bits per heavy atom. The Morgan fingerprint density at radius 3 is 2.70 bits per heavy atom. The molecule has 2 aliphatic rings. The van der Waals surface area contributed by atoms with Crippen LogP contribution in [0.2, 0.25) is 0 Å². The van der Waals surface area contributed by atoms with Crippen LogP contribution in [0, 0.1) is 5.92 Å². The molecule has 114 valence electrons. The largest absolute Gasteiger partial charge is 0.498 e. The summed E-state index contributed by atoms with van der Waals surface area (Å²) in [5.74, 6) is 1.74. The Balaban J connectivity index is 0.000000956. The molecule has 0 spiro atoms. The van der Waals surface area contributed by atoms with Crippen molar-refractivity contribution in [2.24, 2.45) is 5.92 Å². The number of carbonyl (C=O) groups is 1. The van der Waals surface area contributed by atoms with Crippen LogP contribution in [0.5, 0.6) is 0 Å². The standard InChI is InChI=1S/C14H22N2O2.C2H6/c1-2-3-12-6-13(4-5-14(12)16-10-17)18-9-11-7-15-8-11;1-2/h6,10-11,15H,2-5,7-9H2,1H3,(H,16,17);1-2H3. The van der Waals surface area contributed by atoms with Gasteiger partial charge >= 0.3 is 0 Å². The van der Waals surface area contributed by atoms with Gasteiger partial charge in [0.25, 0.3) is 0 Å². The summed E-state index contributed by atoms with van der Waals surface area (Å²) in [6.45, 7) is 9.11. The summed E-state index contributed by atoms with van der Waals surface area (Å²) in [6.07, 6.45) is 6.73. The Hall–Kier alpha value is -1.29. The molecule has 4 nitrogen and oxygen atoms in total. The first kappa shape index (κ1) is 16.8. The van der Waals surface area contributed by atoms with Gasteiger partial charge in [0.05, 0.1) is 12.4 Å². The first-order valence-corrected chi connectivity index (χ1v) is 7.79. The van der Waals surface area contributed by atoms with Gasteiger partial charge in [0.15, 0.2) is 0 Å². The highest BCUT2D eigenvalue weighted by Crippen LogP contribution is 2.26.